The lowest BCUT2D eigenvalue weighted by molar-refractivity contribution is -0.138. The van der Waals surface area contributed by atoms with Crippen LogP contribution in [0.3, 0.4) is 0 Å². The van der Waals surface area contributed by atoms with Crippen molar-refractivity contribution in [3.05, 3.63) is 35.4 Å². The van der Waals surface area contributed by atoms with E-state index in [0.29, 0.717) is 24.6 Å². The Hall–Kier alpha value is -1.84. The first-order chi connectivity index (χ1) is 11.4. The second-order valence-electron chi connectivity index (χ2n) is 7.21. The van der Waals surface area contributed by atoms with Crippen molar-refractivity contribution in [1.82, 2.24) is 9.80 Å². The highest BCUT2D eigenvalue weighted by atomic mass is 16.2. The third-order valence-electron chi connectivity index (χ3n) is 4.65. The summed E-state index contributed by atoms with van der Waals surface area (Å²) in [6.45, 7) is 7.71. The van der Waals surface area contributed by atoms with Gasteiger partial charge >= 0.3 is 0 Å². The van der Waals surface area contributed by atoms with E-state index < -0.39 is 0 Å². The van der Waals surface area contributed by atoms with Gasteiger partial charge in [0.25, 0.3) is 5.91 Å². The SMILES string of the molecule is CCCC[C@@H]1C(=O)N(C)CCN1C(=O)c1ccc(CC(C)C)cc1. The Labute approximate surface area is 145 Å². The van der Waals surface area contributed by atoms with E-state index in [1.165, 1.54) is 5.56 Å². The van der Waals surface area contributed by atoms with Crippen LogP contribution in [0.25, 0.3) is 0 Å². The lowest BCUT2D eigenvalue weighted by atomic mass is 10.00. The van der Waals surface area contributed by atoms with E-state index >= 15 is 0 Å². The standard InChI is InChI=1S/C20H30N2O2/c1-5-6-7-18-20(24)21(4)12-13-22(18)19(23)17-10-8-16(9-11-17)14-15(2)3/h8-11,15,18H,5-7,12-14H2,1-4H3/t18-/m1/s1. The van der Waals surface area contributed by atoms with Gasteiger partial charge in [0, 0.05) is 25.7 Å². The highest BCUT2D eigenvalue weighted by molar-refractivity contribution is 5.98. The highest BCUT2D eigenvalue weighted by Crippen LogP contribution is 2.20. The molecule has 0 radical (unpaired) electrons. The third kappa shape index (κ3) is 4.37. The van der Waals surface area contributed by atoms with Gasteiger partial charge in [-0.2, -0.15) is 0 Å². The van der Waals surface area contributed by atoms with E-state index in [2.05, 4.69) is 20.8 Å². The summed E-state index contributed by atoms with van der Waals surface area (Å²) in [5, 5.41) is 0. The van der Waals surface area contributed by atoms with Gasteiger partial charge in [0.1, 0.15) is 6.04 Å². The van der Waals surface area contributed by atoms with Crippen LogP contribution in [0.2, 0.25) is 0 Å². The molecular formula is C20H30N2O2. The molecule has 1 aliphatic heterocycles. The zero-order chi connectivity index (χ0) is 17.7. The maximum absolute atomic E-state index is 12.9. The van der Waals surface area contributed by atoms with Gasteiger partial charge in [-0.15, -0.1) is 0 Å². The third-order valence-corrected chi connectivity index (χ3v) is 4.65. The number of hydrogen-bond donors (Lipinski definition) is 0. The summed E-state index contributed by atoms with van der Waals surface area (Å²) in [5.74, 6) is 0.647. The first-order valence-electron chi connectivity index (χ1n) is 9.09. The van der Waals surface area contributed by atoms with Crippen molar-refractivity contribution in [2.45, 2.75) is 52.5 Å². The second-order valence-corrected chi connectivity index (χ2v) is 7.21. The molecule has 24 heavy (non-hydrogen) atoms. The average Bonchev–Trinajstić information content (AvgIpc) is 2.56. The molecule has 1 aromatic carbocycles. The fourth-order valence-corrected chi connectivity index (χ4v) is 3.25. The number of hydrogen-bond acceptors (Lipinski definition) is 2. The summed E-state index contributed by atoms with van der Waals surface area (Å²) in [5.41, 5.74) is 1.93. The average molecular weight is 330 g/mol. The number of unbranched alkanes of at least 4 members (excludes halogenated alkanes) is 1. The van der Waals surface area contributed by atoms with E-state index in [1.807, 2.05) is 31.3 Å². The number of amides is 2. The van der Waals surface area contributed by atoms with Crippen LogP contribution >= 0.6 is 0 Å². The quantitative estimate of drug-likeness (QED) is 0.802. The van der Waals surface area contributed by atoms with E-state index in [0.717, 1.165) is 25.7 Å². The second kappa shape index (κ2) is 8.32. The molecular weight excluding hydrogens is 300 g/mol. The predicted molar refractivity (Wildman–Crippen MR) is 97.0 cm³/mol. The minimum absolute atomic E-state index is 0.0198. The Kier molecular flexibility index (Phi) is 6.41. The monoisotopic (exact) mass is 330 g/mol. The molecule has 4 nitrogen and oxygen atoms in total. The smallest absolute Gasteiger partial charge is 0.254 e. The molecule has 0 aromatic heterocycles. The molecule has 0 bridgehead atoms. The minimum Gasteiger partial charge on any atom is -0.342 e. The van der Waals surface area contributed by atoms with Crippen LogP contribution in [0.5, 0.6) is 0 Å². The van der Waals surface area contributed by atoms with Gasteiger partial charge in [0.15, 0.2) is 0 Å². The number of piperazine rings is 1. The van der Waals surface area contributed by atoms with Crippen molar-refractivity contribution < 1.29 is 9.59 Å². The van der Waals surface area contributed by atoms with Crippen LogP contribution in [0.4, 0.5) is 0 Å². The molecule has 1 aliphatic rings. The number of carbonyl (C=O) groups is 2. The van der Waals surface area contributed by atoms with E-state index in [4.69, 9.17) is 0 Å². The Morgan fingerprint density at radius 2 is 1.88 bits per heavy atom. The molecule has 1 heterocycles. The normalized spacial score (nSPS) is 18.4. The first kappa shape index (κ1) is 18.5. The fraction of sp³-hybridized carbons (Fsp3) is 0.600. The molecule has 0 saturated carbocycles. The highest BCUT2D eigenvalue weighted by Gasteiger charge is 2.35. The summed E-state index contributed by atoms with van der Waals surface area (Å²) in [7, 11) is 1.82. The zero-order valence-corrected chi connectivity index (χ0v) is 15.4. The van der Waals surface area contributed by atoms with E-state index in [9.17, 15) is 9.59 Å². The predicted octanol–water partition coefficient (Wildman–Crippen LogP) is 3.36. The van der Waals surface area contributed by atoms with Crippen molar-refractivity contribution in [1.29, 1.82) is 0 Å². The van der Waals surface area contributed by atoms with Crippen LogP contribution in [0.15, 0.2) is 24.3 Å². The number of rotatable bonds is 6. The number of benzene rings is 1. The Bertz CT molecular complexity index is 566. The molecule has 4 heteroatoms. The zero-order valence-electron chi connectivity index (χ0n) is 15.4. The fourth-order valence-electron chi connectivity index (χ4n) is 3.25. The maximum atomic E-state index is 12.9. The summed E-state index contributed by atoms with van der Waals surface area (Å²) in [4.78, 5) is 28.9. The van der Waals surface area contributed by atoms with Crippen molar-refractivity contribution >= 4 is 11.8 Å². The largest absolute Gasteiger partial charge is 0.342 e. The Morgan fingerprint density at radius 3 is 2.46 bits per heavy atom. The molecule has 132 valence electrons. The molecule has 1 aromatic rings. The minimum atomic E-state index is -0.313. The molecule has 2 rings (SSSR count). The lowest BCUT2D eigenvalue weighted by Gasteiger charge is -2.39. The van der Waals surface area contributed by atoms with E-state index in [-0.39, 0.29) is 17.9 Å². The topological polar surface area (TPSA) is 40.6 Å². The lowest BCUT2D eigenvalue weighted by Crippen LogP contribution is -2.57. The Morgan fingerprint density at radius 1 is 1.21 bits per heavy atom. The van der Waals surface area contributed by atoms with Crippen LogP contribution in [-0.2, 0) is 11.2 Å². The Balaban J connectivity index is 2.14. The van der Waals surface area contributed by atoms with Crippen LogP contribution < -0.4 is 0 Å². The number of likely N-dealkylation sites (N-methyl/N-ethyl adjacent to an activating group) is 1. The van der Waals surface area contributed by atoms with Crippen molar-refractivity contribution in [3.63, 3.8) is 0 Å². The van der Waals surface area contributed by atoms with Gasteiger partial charge in [0.05, 0.1) is 0 Å². The number of nitrogens with zero attached hydrogens (tertiary/aromatic N) is 2. The van der Waals surface area contributed by atoms with Crippen LogP contribution in [0, 0.1) is 5.92 Å². The molecule has 0 unspecified atom stereocenters. The van der Waals surface area contributed by atoms with E-state index in [1.54, 1.807) is 9.80 Å². The maximum Gasteiger partial charge on any atom is 0.254 e. The van der Waals surface area contributed by atoms with Gasteiger partial charge in [-0.1, -0.05) is 45.7 Å². The summed E-state index contributed by atoms with van der Waals surface area (Å²) < 4.78 is 0. The summed E-state index contributed by atoms with van der Waals surface area (Å²) >= 11 is 0. The van der Waals surface area contributed by atoms with Gasteiger partial charge in [-0.05, 0) is 36.5 Å². The van der Waals surface area contributed by atoms with Crippen molar-refractivity contribution in [2.75, 3.05) is 20.1 Å². The summed E-state index contributed by atoms with van der Waals surface area (Å²) in [6, 6.07) is 7.56. The van der Waals surface area contributed by atoms with Crippen LogP contribution in [-0.4, -0.2) is 47.8 Å². The van der Waals surface area contributed by atoms with Crippen molar-refractivity contribution in [2.24, 2.45) is 5.92 Å². The molecule has 0 N–H and O–H groups in total. The van der Waals surface area contributed by atoms with Gasteiger partial charge in [-0.3, -0.25) is 9.59 Å². The van der Waals surface area contributed by atoms with Gasteiger partial charge < -0.3 is 9.80 Å². The molecule has 1 fully saturated rings. The van der Waals surface area contributed by atoms with Gasteiger partial charge in [-0.25, -0.2) is 0 Å². The summed E-state index contributed by atoms with van der Waals surface area (Å²) in [6.07, 6.45) is 3.75. The van der Waals surface area contributed by atoms with Crippen LogP contribution in [0.1, 0.15) is 56.0 Å². The first-order valence-corrected chi connectivity index (χ1v) is 9.09. The molecule has 1 atom stereocenters. The number of carbonyl (C=O) groups excluding carboxylic acids is 2. The molecule has 2 amide bonds. The molecule has 0 aliphatic carbocycles. The molecule has 0 spiro atoms. The van der Waals surface area contributed by atoms with Crippen molar-refractivity contribution in [3.8, 4) is 0 Å². The molecule has 1 saturated heterocycles. The van der Waals surface area contributed by atoms with Gasteiger partial charge in [0.2, 0.25) is 5.91 Å².